The second-order valence-corrected chi connectivity index (χ2v) is 4.12. The van der Waals surface area contributed by atoms with Gasteiger partial charge in [-0.25, -0.2) is 0 Å². The highest BCUT2D eigenvalue weighted by Crippen LogP contribution is 2.23. The lowest BCUT2D eigenvalue weighted by Crippen LogP contribution is -2.29. The van der Waals surface area contributed by atoms with Gasteiger partial charge in [0.15, 0.2) is 0 Å². The first-order chi connectivity index (χ1) is 5.41. The Bertz CT molecular complexity index is 286. The summed E-state index contributed by atoms with van der Waals surface area (Å²) in [7, 11) is 0. The molecule has 0 bridgehead atoms. The lowest BCUT2D eigenvalue weighted by molar-refractivity contribution is 0.551. The topological polar surface area (TPSA) is 26.0 Å². The van der Waals surface area contributed by atoms with Crippen LogP contribution >= 0.6 is 11.6 Å². The van der Waals surface area contributed by atoms with Gasteiger partial charge in [0, 0.05) is 10.6 Å². The van der Waals surface area contributed by atoms with Gasteiger partial charge in [-0.15, -0.1) is 0 Å². The molecule has 0 aliphatic rings. The quantitative estimate of drug-likeness (QED) is 0.712. The van der Waals surface area contributed by atoms with Gasteiger partial charge in [-0.05, 0) is 44.0 Å². The summed E-state index contributed by atoms with van der Waals surface area (Å²) in [6.45, 7) is 6.00. The van der Waals surface area contributed by atoms with Crippen molar-refractivity contribution in [2.45, 2.75) is 26.3 Å². The molecule has 2 heteroatoms. The second kappa shape index (κ2) is 3.08. The summed E-state index contributed by atoms with van der Waals surface area (Å²) in [5.41, 5.74) is 7.97. The van der Waals surface area contributed by atoms with Gasteiger partial charge >= 0.3 is 0 Å². The van der Waals surface area contributed by atoms with Crippen molar-refractivity contribution in [3.8, 4) is 0 Å². The molecule has 12 heavy (non-hydrogen) atoms. The van der Waals surface area contributed by atoms with Gasteiger partial charge in [0.25, 0.3) is 0 Å². The van der Waals surface area contributed by atoms with Crippen molar-refractivity contribution < 1.29 is 0 Å². The lowest BCUT2D eigenvalue weighted by atomic mass is 9.92. The Balaban J connectivity index is 3.19. The van der Waals surface area contributed by atoms with Gasteiger partial charge in [0.2, 0.25) is 0 Å². The SMILES string of the molecule is Cc1cc(Cl)ccc1C(C)(C)N. The molecule has 1 nitrogen and oxygen atoms in total. The molecule has 0 aromatic heterocycles. The van der Waals surface area contributed by atoms with Crippen LogP contribution in [0.5, 0.6) is 0 Å². The van der Waals surface area contributed by atoms with Crippen LogP contribution in [-0.4, -0.2) is 0 Å². The van der Waals surface area contributed by atoms with Crippen molar-refractivity contribution in [1.82, 2.24) is 0 Å². The van der Waals surface area contributed by atoms with Crippen molar-refractivity contribution in [2.75, 3.05) is 0 Å². The zero-order chi connectivity index (χ0) is 9.35. The largest absolute Gasteiger partial charge is 0.322 e. The van der Waals surface area contributed by atoms with Crippen molar-refractivity contribution in [3.63, 3.8) is 0 Å². The number of hydrogen-bond acceptors (Lipinski definition) is 1. The third-order valence-electron chi connectivity index (χ3n) is 1.88. The number of halogens is 1. The van der Waals surface area contributed by atoms with E-state index in [0.717, 1.165) is 16.1 Å². The van der Waals surface area contributed by atoms with E-state index in [9.17, 15) is 0 Å². The maximum absolute atomic E-state index is 5.96. The number of aryl methyl sites for hydroxylation is 1. The zero-order valence-corrected chi connectivity index (χ0v) is 8.44. The van der Waals surface area contributed by atoms with Crippen LogP contribution < -0.4 is 5.73 Å². The molecule has 0 atom stereocenters. The number of benzene rings is 1. The Morgan fingerprint density at radius 2 is 1.92 bits per heavy atom. The minimum Gasteiger partial charge on any atom is -0.322 e. The summed E-state index contributed by atoms with van der Waals surface area (Å²) < 4.78 is 0. The number of hydrogen-bond donors (Lipinski definition) is 1. The normalized spacial score (nSPS) is 11.8. The monoisotopic (exact) mass is 183 g/mol. The fraction of sp³-hybridized carbons (Fsp3) is 0.400. The predicted octanol–water partition coefficient (Wildman–Crippen LogP) is 2.84. The molecule has 0 spiro atoms. The molecule has 1 aromatic rings. The summed E-state index contributed by atoms with van der Waals surface area (Å²) in [5, 5.41) is 0.764. The average Bonchev–Trinajstić information content (AvgIpc) is 1.83. The van der Waals surface area contributed by atoms with E-state index in [0.29, 0.717) is 0 Å². The van der Waals surface area contributed by atoms with Crippen LogP contribution in [0.3, 0.4) is 0 Å². The van der Waals surface area contributed by atoms with Gasteiger partial charge in [-0.2, -0.15) is 0 Å². The van der Waals surface area contributed by atoms with E-state index < -0.39 is 0 Å². The Morgan fingerprint density at radius 3 is 2.33 bits per heavy atom. The first-order valence-electron chi connectivity index (χ1n) is 3.97. The van der Waals surface area contributed by atoms with Crippen LogP contribution in [-0.2, 0) is 5.54 Å². The second-order valence-electron chi connectivity index (χ2n) is 3.68. The molecule has 0 aliphatic heterocycles. The first-order valence-corrected chi connectivity index (χ1v) is 4.34. The minimum atomic E-state index is -0.283. The van der Waals surface area contributed by atoms with Gasteiger partial charge < -0.3 is 5.73 Å². The fourth-order valence-electron chi connectivity index (χ4n) is 1.35. The molecule has 0 radical (unpaired) electrons. The number of rotatable bonds is 1. The molecule has 0 amide bonds. The third-order valence-corrected chi connectivity index (χ3v) is 2.12. The van der Waals surface area contributed by atoms with E-state index in [1.54, 1.807) is 0 Å². The van der Waals surface area contributed by atoms with E-state index in [1.807, 2.05) is 39.0 Å². The summed E-state index contributed by atoms with van der Waals surface area (Å²) in [5.74, 6) is 0. The van der Waals surface area contributed by atoms with E-state index in [4.69, 9.17) is 17.3 Å². The Hall–Kier alpha value is -0.530. The van der Waals surface area contributed by atoms with Crippen LogP contribution in [0.4, 0.5) is 0 Å². The molecule has 0 saturated carbocycles. The molecule has 1 aromatic carbocycles. The van der Waals surface area contributed by atoms with E-state index in [-0.39, 0.29) is 5.54 Å². The zero-order valence-electron chi connectivity index (χ0n) is 7.69. The van der Waals surface area contributed by atoms with Crippen LogP contribution in [0.1, 0.15) is 25.0 Å². The fourth-order valence-corrected chi connectivity index (χ4v) is 1.58. The van der Waals surface area contributed by atoms with E-state index in [2.05, 4.69) is 0 Å². The summed E-state index contributed by atoms with van der Waals surface area (Å²) in [4.78, 5) is 0. The van der Waals surface area contributed by atoms with Crippen LogP contribution in [0, 0.1) is 6.92 Å². The highest BCUT2D eigenvalue weighted by molar-refractivity contribution is 6.30. The Labute approximate surface area is 78.5 Å². The molecule has 0 heterocycles. The Morgan fingerprint density at radius 1 is 1.33 bits per heavy atom. The van der Waals surface area contributed by atoms with E-state index >= 15 is 0 Å². The van der Waals surface area contributed by atoms with Gasteiger partial charge in [-0.1, -0.05) is 17.7 Å². The molecular formula is C10H14ClN. The molecule has 0 aliphatic carbocycles. The molecule has 0 fully saturated rings. The van der Waals surface area contributed by atoms with Crippen molar-refractivity contribution in [1.29, 1.82) is 0 Å². The van der Waals surface area contributed by atoms with Crippen molar-refractivity contribution in [2.24, 2.45) is 5.73 Å². The van der Waals surface area contributed by atoms with Crippen LogP contribution in [0.2, 0.25) is 5.02 Å². The Kier molecular flexibility index (Phi) is 2.45. The lowest BCUT2D eigenvalue weighted by Gasteiger charge is -2.21. The van der Waals surface area contributed by atoms with Crippen LogP contribution in [0.15, 0.2) is 18.2 Å². The minimum absolute atomic E-state index is 0.283. The smallest absolute Gasteiger partial charge is 0.0408 e. The van der Waals surface area contributed by atoms with E-state index in [1.165, 1.54) is 0 Å². The summed E-state index contributed by atoms with van der Waals surface area (Å²) >= 11 is 5.83. The van der Waals surface area contributed by atoms with Crippen LogP contribution in [0.25, 0.3) is 0 Å². The van der Waals surface area contributed by atoms with Crippen molar-refractivity contribution in [3.05, 3.63) is 34.3 Å². The highest BCUT2D eigenvalue weighted by atomic mass is 35.5. The van der Waals surface area contributed by atoms with Crippen molar-refractivity contribution >= 4 is 11.6 Å². The van der Waals surface area contributed by atoms with Gasteiger partial charge in [0.05, 0.1) is 0 Å². The number of nitrogens with two attached hydrogens (primary N) is 1. The van der Waals surface area contributed by atoms with Gasteiger partial charge in [0.1, 0.15) is 0 Å². The maximum atomic E-state index is 5.96. The highest BCUT2D eigenvalue weighted by Gasteiger charge is 2.15. The average molecular weight is 184 g/mol. The summed E-state index contributed by atoms with van der Waals surface area (Å²) in [6.07, 6.45) is 0. The molecule has 2 N–H and O–H groups in total. The summed E-state index contributed by atoms with van der Waals surface area (Å²) in [6, 6.07) is 5.79. The molecule has 66 valence electrons. The molecular weight excluding hydrogens is 170 g/mol. The van der Waals surface area contributed by atoms with Gasteiger partial charge in [-0.3, -0.25) is 0 Å². The third kappa shape index (κ3) is 1.99. The molecule has 1 rings (SSSR count). The first kappa shape index (κ1) is 9.56. The maximum Gasteiger partial charge on any atom is 0.0408 e. The standard InChI is InChI=1S/C10H14ClN/c1-7-6-8(11)4-5-9(7)10(2,3)12/h4-6H,12H2,1-3H3. The molecule has 0 saturated heterocycles. The predicted molar refractivity (Wildman–Crippen MR) is 53.4 cm³/mol. The molecule has 0 unspecified atom stereocenters.